The predicted octanol–water partition coefficient (Wildman–Crippen LogP) is 5.65. The standard InChI is InChI=1S/C19H16BrN3O2S2/c1-10-16(17(23-19(24)21-10)15-7-12(20)8-26-15)18-22-14(9-27-18)11-3-5-13(25-2)6-4-11/h3-9,16-17H,1-2H3,(H,23,24). The molecule has 0 saturated heterocycles. The number of amides is 2. The van der Waals surface area contributed by atoms with Crippen molar-refractivity contribution in [1.82, 2.24) is 10.3 Å². The molecule has 2 atom stereocenters. The van der Waals surface area contributed by atoms with Crippen molar-refractivity contribution in [1.29, 1.82) is 0 Å². The lowest BCUT2D eigenvalue weighted by molar-refractivity contribution is 0.243. The first-order valence-electron chi connectivity index (χ1n) is 8.24. The molecular weight excluding hydrogens is 446 g/mol. The summed E-state index contributed by atoms with van der Waals surface area (Å²) in [5, 5.41) is 8.01. The van der Waals surface area contributed by atoms with Crippen LogP contribution < -0.4 is 10.1 Å². The number of aliphatic imine (C=N–C) groups is 1. The smallest absolute Gasteiger partial charge is 0.341 e. The maximum Gasteiger partial charge on any atom is 0.341 e. The fourth-order valence-corrected chi connectivity index (χ4v) is 5.65. The number of thiophene rings is 1. The highest BCUT2D eigenvalue weighted by molar-refractivity contribution is 9.10. The number of carbonyl (C=O) groups excluding carboxylic acids is 1. The Morgan fingerprint density at radius 3 is 2.63 bits per heavy atom. The van der Waals surface area contributed by atoms with Crippen molar-refractivity contribution in [3.05, 3.63) is 55.4 Å². The quantitative estimate of drug-likeness (QED) is 0.545. The Morgan fingerprint density at radius 2 is 1.96 bits per heavy atom. The number of hydrogen-bond acceptors (Lipinski definition) is 5. The Bertz CT molecular complexity index is 1010. The maximum atomic E-state index is 12.0. The van der Waals surface area contributed by atoms with Gasteiger partial charge in [0.25, 0.3) is 0 Å². The second-order valence-corrected chi connectivity index (χ2v) is 8.87. The second kappa shape index (κ2) is 7.53. The van der Waals surface area contributed by atoms with Gasteiger partial charge in [0, 0.05) is 31.4 Å². The molecule has 2 aromatic heterocycles. The summed E-state index contributed by atoms with van der Waals surface area (Å²) < 4.78 is 6.23. The summed E-state index contributed by atoms with van der Waals surface area (Å²) in [5.41, 5.74) is 2.72. The third-order valence-electron chi connectivity index (χ3n) is 4.41. The number of methoxy groups -OCH3 is 1. The number of rotatable bonds is 4. The third-order valence-corrected chi connectivity index (χ3v) is 7.11. The molecule has 0 fully saturated rings. The topological polar surface area (TPSA) is 63.6 Å². The molecule has 3 aromatic rings. The van der Waals surface area contributed by atoms with Gasteiger partial charge in [0.1, 0.15) is 10.8 Å². The Morgan fingerprint density at radius 1 is 1.19 bits per heavy atom. The second-order valence-electron chi connectivity index (χ2n) is 6.12. The molecule has 8 heteroatoms. The maximum absolute atomic E-state index is 12.0. The van der Waals surface area contributed by atoms with Crippen molar-refractivity contribution in [2.75, 3.05) is 7.11 Å². The molecule has 27 heavy (non-hydrogen) atoms. The number of benzene rings is 1. The van der Waals surface area contributed by atoms with Gasteiger partial charge in [-0.15, -0.1) is 22.7 Å². The van der Waals surface area contributed by atoms with Gasteiger partial charge in [-0.05, 0) is 53.2 Å². The molecule has 0 aliphatic carbocycles. The normalized spacial score (nSPS) is 19.5. The van der Waals surface area contributed by atoms with Crippen LogP contribution in [0.5, 0.6) is 5.75 Å². The van der Waals surface area contributed by atoms with Gasteiger partial charge >= 0.3 is 6.03 Å². The van der Waals surface area contributed by atoms with E-state index in [9.17, 15) is 4.79 Å². The van der Waals surface area contributed by atoms with Crippen LogP contribution in [-0.4, -0.2) is 23.8 Å². The Hall–Kier alpha value is -2.03. The molecule has 0 bridgehead atoms. The molecule has 1 N–H and O–H groups in total. The van der Waals surface area contributed by atoms with E-state index in [2.05, 4.69) is 26.2 Å². The van der Waals surface area contributed by atoms with Crippen LogP contribution in [-0.2, 0) is 0 Å². The molecule has 0 radical (unpaired) electrons. The van der Waals surface area contributed by atoms with Crippen LogP contribution in [0.4, 0.5) is 4.79 Å². The first kappa shape index (κ1) is 18.3. The largest absolute Gasteiger partial charge is 0.497 e. The molecule has 3 heterocycles. The van der Waals surface area contributed by atoms with Gasteiger partial charge in [-0.2, -0.15) is 0 Å². The highest BCUT2D eigenvalue weighted by Crippen LogP contribution is 2.40. The van der Waals surface area contributed by atoms with Gasteiger partial charge in [-0.25, -0.2) is 14.8 Å². The van der Waals surface area contributed by atoms with Crippen LogP contribution in [0.1, 0.15) is 28.8 Å². The molecule has 1 aromatic carbocycles. The van der Waals surface area contributed by atoms with E-state index in [0.717, 1.165) is 37.1 Å². The predicted molar refractivity (Wildman–Crippen MR) is 113 cm³/mol. The van der Waals surface area contributed by atoms with Crippen LogP contribution in [0, 0.1) is 0 Å². The van der Waals surface area contributed by atoms with Crippen molar-refractivity contribution in [2.24, 2.45) is 4.99 Å². The van der Waals surface area contributed by atoms with Crippen molar-refractivity contribution >= 4 is 50.3 Å². The summed E-state index contributed by atoms with van der Waals surface area (Å²) in [5.74, 6) is 0.737. The minimum Gasteiger partial charge on any atom is -0.497 e. The van der Waals surface area contributed by atoms with E-state index >= 15 is 0 Å². The van der Waals surface area contributed by atoms with Crippen molar-refractivity contribution < 1.29 is 9.53 Å². The fourth-order valence-electron chi connectivity index (χ4n) is 3.09. The van der Waals surface area contributed by atoms with Crippen molar-refractivity contribution in [2.45, 2.75) is 18.9 Å². The van der Waals surface area contributed by atoms with Crippen molar-refractivity contribution in [3.8, 4) is 17.0 Å². The fraction of sp³-hybridized carbons (Fsp3) is 0.211. The van der Waals surface area contributed by atoms with Gasteiger partial charge < -0.3 is 10.1 Å². The van der Waals surface area contributed by atoms with E-state index in [4.69, 9.17) is 9.72 Å². The number of nitrogens with zero attached hydrogens (tertiary/aromatic N) is 2. The first-order valence-corrected chi connectivity index (χ1v) is 10.8. The summed E-state index contributed by atoms with van der Waals surface area (Å²) in [4.78, 5) is 22.1. The zero-order chi connectivity index (χ0) is 19.0. The number of nitrogens with one attached hydrogen (secondary N) is 1. The molecule has 4 rings (SSSR count). The monoisotopic (exact) mass is 461 g/mol. The number of urea groups is 1. The van der Waals surface area contributed by atoms with Gasteiger partial charge in [-0.1, -0.05) is 0 Å². The lowest BCUT2D eigenvalue weighted by Gasteiger charge is -2.28. The van der Waals surface area contributed by atoms with E-state index in [1.807, 2.05) is 48.0 Å². The Balaban J connectivity index is 1.70. The van der Waals surface area contributed by atoms with E-state index in [1.165, 1.54) is 0 Å². The Kier molecular flexibility index (Phi) is 5.12. The molecule has 1 aliphatic heterocycles. The van der Waals surface area contributed by atoms with Crippen LogP contribution in [0.3, 0.4) is 0 Å². The zero-order valence-corrected chi connectivity index (χ0v) is 17.8. The summed E-state index contributed by atoms with van der Waals surface area (Å²) in [6.07, 6.45) is 0. The lowest BCUT2D eigenvalue weighted by atomic mass is 9.93. The molecule has 138 valence electrons. The number of hydrogen-bond donors (Lipinski definition) is 1. The van der Waals surface area contributed by atoms with Crippen LogP contribution in [0.15, 0.2) is 50.6 Å². The minimum atomic E-state index is -0.301. The zero-order valence-electron chi connectivity index (χ0n) is 14.6. The van der Waals surface area contributed by atoms with Crippen molar-refractivity contribution in [3.63, 3.8) is 0 Å². The molecule has 2 unspecified atom stereocenters. The van der Waals surface area contributed by atoms with Crippen LogP contribution >= 0.6 is 38.6 Å². The highest BCUT2D eigenvalue weighted by atomic mass is 79.9. The van der Waals surface area contributed by atoms with Gasteiger partial charge in [0.15, 0.2) is 0 Å². The summed E-state index contributed by atoms with van der Waals surface area (Å²) in [7, 11) is 1.65. The van der Waals surface area contributed by atoms with E-state index < -0.39 is 0 Å². The summed E-state index contributed by atoms with van der Waals surface area (Å²) >= 11 is 6.70. The molecule has 0 saturated carbocycles. The average Bonchev–Trinajstić information content (AvgIpc) is 3.30. The third kappa shape index (κ3) is 3.69. The van der Waals surface area contributed by atoms with E-state index in [0.29, 0.717) is 0 Å². The summed E-state index contributed by atoms with van der Waals surface area (Å²) in [6, 6.07) is 9.41. The average molecular weight is 462 g/mol. The number of thiazole rings is 1. The number of aromatic nitrogens is 1. The minimum absolute atomic E-state index is 0.0785. The van der Waals surface area contributed by atoms with Gasteiger partial charge in [-0.3, -0.25) is 0 Å². The summed E-state index contributed by atoms with van der Waals surface area (Å²) in [6.45, 7) is 1.90. The highest BCUT2D eigenvalue weighted by Gasteiger charge is 2.35. The number of halogens is 1. The molecule has 0 spiro atoms. The SMILES string of the molecule is COc1ccc(-c2csc(C3C(C)=NC(=O)NC3c3cc(Br)cs3)n2)cc1. The first-order chi connectivity index (χ1) is 13.0. The van der Waals surface area contributed by atoms with E-state index in [-0.39, 0.29) is 18.0 Å². The lowest BCUT2D eigenvalue weighted by Crippen LogP contribution is -2.38. The molecule has 5 nitrogen and oxygen atoms in total. The van der Waals surface area contributed by atoms with Crippen LogP contribution in [0.2, 0.25) is 0 Å². The Labute approximate surface area is 173 Å². The number of ether oxygens (including phenoxy) is 1. The van der Waals surface area contributed by atoms with E-state index in [1.54, 1.807) is 29.8 Å². The van der Waals surface area contributed by atoms with Crippen LogP contribution in [0.25, 0.3) is 11.3 Å². The molecular formula is C19H16BrN3O2S2. The van der Waals surface area contributed by atoms with Gasteiger partial charge in [0.05, 0.1) is 24.8 Å². The molecule has 1 aliphatic rings. The number of carbonyl (C=O) groups is 1. The van der Waals surface area contributed by atoms with Gasteiger partial charge in [0.2, 0.25) is 0 Å². The molecule has 2 amide bonds.